The molecule has 2 heterocycles. The molecular formula is C26H25N3O5. The van der Waals surface area contributed by atoms with E-state index in [2.05, 4.69) is 5.32 Å². The lowest BCUT2D eigenvalue weighted by Gasteiger charge is -2.29. The van der Waals surface area contributed by atoms with Crippen molar-refractivity contribution in [3.8, 4) is 0 Å². The Morgan fingerprint density at radius 1 is 1.06 bits per heavy atom. The summed E-state index contributed by atoms with van der Waals surface area (Å²) in [4.78, 5) is 36.2. The van der Waals surface area contributed by atoms with Gasteiger partial charge in [-0.1, -0.05) is 67.6 Å². The van der Waals surface area contributed by atoms with Gasteiger partial charge < -0.3 is 25.5 Å². The van der Waals surface area contributed by atoms with Crippen molar-refractivity contribution in [3.05, 3.63) is 94.3 Å². The Morgan fingerprint density at radius 2 is 1.71 bits per heavy atom. The fourth-order valence-electron chi connectivity index (χ4n) is 4.28. The minimum absolute atomic E-state index is 0.159. The molecule has 174 valence electrons. The van der Waals surface area contributed by atoms with Crippen LogP contribution >= 0.6 is 0 Å². The van der Waals surface area contributed by atoms with Crippen LogP contribution in [0.2, 0.25) is 0 Å². The summed E-state index contributed by atoms with van der Waals surface area (Å²) in [6, 6.07) is 19.3. The highest BCUT2D eigenvalue weighted by Gasteiger charge is 2.35. The van der Waals surface area contributed by atoms with Crippen molar-refractivity contribution in [2.24, 2.45) is 5.73 Å². The number of nitrogens with zero attached hydrogens (tertiary/aromatic N) is 1. The predicted octanol–water partition coefficient (Wildman–Crippen LogP) is 2.97. The molecule has 0 spiro atoms. The van der Waals surface area contributed by atoms with E-state index < -0.39 is 30.5 Å². The minimum atomic E-state index is -1.15. The monoisotopic (exact) mass is 459 g/mol. The maximum absolute atomic E-state index is 13.0. The van der Waals surface area contributed by atoms with Crippen LogP contribution in [0.5, 0.6) is 0 Å². The molecule has 1 amide bonds. The van der Waals surface area contributed by atoms with Gasteiger partial charge in [0.05, 0.1) is 17.0 Å². The first-order valence-corrected chi connectivity index (χ1v) is 10.9. The van der Waals surface area contributed by atoms with Gasteiger partial charge >= 0.3 is 5.97 Å². The molecule has 1 aliphatic heterocycles. The Morgan fingerprint density at radius 3 is 2.29 bits per heavy atom. The number of aliphatic carboxylic acids is 1. The highest BCUT2D eigenvalue weighted by Crippen LogP contribution is 2.36. The number of aromatic nitrogens is 1. The molecule has 3 aromatic rings. The average molecular weight is 460 g/mol. The summed E-state index contributed by atoms with van der Waals surface area (Å²) in [5.74, 6) is -3.06. The normalized spacial score (nSPS) is 14.6. The number of hydrogen-bond acceptors (Lipinski definition) is 5. The predicted molar refractivity (Wildman–Crippen MR) is 127 cm³/mol. The zero-order valence-corrected chi connectivity index (χ0v) is 18.7. The number of ketones is 1. The van der Waals surface area contributed by atoms with E-state index >= 15 is 0 Å². The lowest BCUT2D eigenvalue weighted by Crippen LogP contribution is -2.33. The van der Waals surface area contributed by atoms with Crippen LogP contribution in [0, 0.1) is 0 Å². The lowest BCUT2D eigenvalue weighted by atomic mass is 9.98. The molecule has 8 heteroatoms. The standard InChI is InChI=1S/C26H25N3O5/c1-2-18-20(13-16-9-5-3-6-10-16)29-14-19(17-11-7-4-8-12-17)28-26(34-15-21(30)31)23(29)22(18)24(32)25(27)33/h3-12,14,26,28H,2,13,15H2,1H3,(H2,27,33)(H,30,31). The highest BCUT2D eigenvalue weighted by molar-refractivity contribution is 6.43. The van der Waals surface area contributed by atoms with Crippen molar-refractivity contribution in [1.29, 1.82) is 0 Å². The number of nitrogens with two attached hydrogens (primary N) is 1. The van der Waals surface area contributed by atoms with Crippen LogP contribution in [-0.4, -0.2) is 33.9 Å². The van der Waals surface area contributed by atoms with Gasteiger partial charge in [0.15, 0.2) is 6.23 Å². The zero-order chi connectivity index (χ0) is 24.2. The van der Waals surface area contributed by atoms with Crippen molar-refractivity contribution in [2.45, 2.75) is 26.0 Å². The molecular weight excluding hydrogens is 434 g/mol. The van der Waals surface area contributed by atoms with Crippen LogP contribution in [0.1, 0.15) is 51.6 Å². The van der Waals surface area contributed by atoms with E-state index in [-0.39, 0.29) is 5.56 Å². The highest BCUT2D eigenvalue weighted by atomic mass is 16.5. The summed E-state index contributed by atoms with van der Waals surface area (Å²) in [6.45, 7) is 1.31. The third-order valence-electron chi connectivity index (χ3n) is 5.73. The third kappa shape index (κ3) is 4.49. The molecule has 0 fully saturated rings. The van der Waals surface area contributed by atoms with E-state index in [0.29, 0.717) is 29.8 Å². The van der Waals surface area contributed by atoms with Crippen LogP contribution in [0.4, 0.5) is 0 Å². The van der Waals surface area contributed by atoms with Gasteiger partial charge in [0.25, 0.3) is 11.7 Å². The van der Waals surface area contributed by atoms with Gasteiger partial charge in [-0.2, -0.15) is 0 Å². The maximum atomic E-state index is 13.0. The molecule has 0 radical (unpaired) electrons. The van der Waals surface area contributed by atoms with Crippen LogP contribution in [0.3, 0.4) is 0 Å². The Hall–Kier alpha value is -4.17. The molecule has 2 aromatic carbocycles. The van der Waals surface area contributed by atoms with E-state index in [1.54, 1.807) is 0 Å². The fraction of sp³-hybridized carbons (Fsp3) is 0.192. The fourth-order valence-corrected chi connectivity index (χ4v) is 4.28. The van der Waals surface area contributed by atoms with Gasteiger partial charge in [-0.05, 0) is 23.1 Å². The van der Waals surface area contributed by atoms with E-state index in [1.165, 1.54) is 0 Å². The van der Waals surface area contributed by atoms with E-state index in [0.717, 1.165) is 16.8 Å². The SMILES string of the molecule is CCc1c(C(=O)C(N)=O)c2n(c1Cc1ccccc1)C=C(c1ccccc1)NC2OCC(=O)O. The van der Waals surface area contributed by atoms with Gasteiger partial charge in [-0.25, -0.2) is 4.79 Å². The van der Waals surface area contributed by atoms with E-state index in [4.69, 9.17) is 10.5 Å². The first kappa shape index (κ1) is 23.0. The number of nitrogens with one attached hydrogen (secondary N) is 1. The van der Waals surface area contributed by atoms with Crippen LogP contribution in [0.25, 0.3) is 11.9 Å². The van der Waals surface area contributed by atoms with Gasteiger partial charge in [0, 0.05) is 18.3 Å². The Balaban J connectivity index is 1.97. The van der Waals surface area contributed by atoms with Gasteiger partial charge in [0.2, 0.25) is 0 Å². The summed E-state index contributed by atoms with van der Waals surface area (Å²) in [7, 11) is 0. The average Bonchev–Trinajstić information content (AvgIpc) is 3.16. The number of primary amides is 1. The zero-order valence-electron chi connectivity index (χ0n) is 18.7. The number of hydrogen-bond donors (Lipinski definition) is 3. The van der Waals surface area contributed by atoms with E-state index in [1.807, 2.05) is 78.4 Å². The van der Waals surface area contributed by atoms with Gasteiger partial charge in [-0.15, -0.1) is 0 Å². The topological polar surface area (TPSA) is 124 Å². The summed E-state index contributed by atoms with van der Waals surface area (Å²) in [6.07, 6.45) is 1.83. The molecule has 4 N–H and O–H groups in total. The number of carbonyl (C=O) groups is 3. The molecule has 4 rings (SSSR count). The molecule has 1 atom stereocenters. The van der Waals surface area contributed by atoms with E-state index in [9.17, 15) is 19.5 Å². The van der Waals surface area contributed by atoms with Crippen molar-refractivity contribution in [2.75, 3.05) is 6.61 Å². The van der Waals surface area contributed by atoms with Gasteiger partial charge in [-0.3, -0.25) is 9.59 Å². The summed E-state index contributed by atoms with van der Waals surface area (Å²) in [5.41, 5.74) is 9.99. The third-order valence-corrected chi connectivity index (χ3v) is 5.73. The number of carboxylic acid groups (broad SMARTS) is 1. The van der Waals surface area contributed by atoms with Gasteiger partial charge in [0.1, 0.15) is 6.61 Å². The number of carbonyl (C=O) groups excluding carboxylic acids is 2. The van der Waals surface area contributed by atoms with Crippen LogP contribution in [-0.2, 0) is 27.2 Å². The van der Waals surface area contributed by atoms with Crippen molar-refractivity contribution < 1.29 is 24.2 Å². The van der Waals surface area contributed by atoms with Crippen LogP contribution in [0.15, 0.2) is 60.7 Å². The number of Topliss-reactive ketones (excluding diaryl/α,β-unsaturated/α-hetero) is 1. The quantitative estimate of drug-likeness (QED) is 0.334. The second-order valence-corrected chi connectivity index (χ2v) is 7.90. The van der Waals surface area contributed by atoms with Crippen molar-refractivity contribution >= 4 is 29.6 Å². The molecule has 0 aliphatic carbocycles. The van der Waals surface area contributed by atoms with Crippen molar-refractivity contribution in [3.63, 3.8) is 0 Å². The molecule has 34 heavy (non-hydrogen) atoms. The molecule has 0 saturated carbocycles. The molecule has 0 saturated heterocycles. The molecule has 1 aromatic heterocycles. The second-order valence-electron chi connectivity index (χ2n) is 7.90. The summed E-state index contributed by atoms with van der Waals surface area (Å²) >= 11 is 0. The molecule has 0 bridgehead atoms. The lowest BCUT2D eigenvalue weighted by molar-refractivity contribution is -0.145. The van der Waals surface area contributed by atoms with Crippen LogP contribution < -0.4 is 11.1 Å². The number of ether oxygens (including phenoxy) is 1. The molecule has 8 nitrogen and oxygen atoms in total. The summed E-state index contributed by atoms with van der Waals surface area (Å²) < 4.78 is 7.52. The Bertz CT molecular complexity index is 1260. The Labute approximate surface area is 196 Å². The Kier molecular flexibility index (Phi) is 6.60. The number of rotatable bonds is 9. The smallest absolute Gasteiger partial charge is 0.329 e. The number of carboxylic acids is 1. The molecule has 1 aliphatic rings. The number of amides is 1. The van der Waals surface area contributed by atoms with Crippen molar-refractivity contribution in [1.82, 2.24) is 9.88 Å². The first-order chi connectivity index (χ1) is 16.4. The first-order valence-electron chi connectivity index (χ1n) is 10.9. The number of benzene rings is 2. The summed E-state index contributed by atoms with van der Waals surface area (Å²) in [5, 5.41) is 12.4. The number of fused-ring (bicyclic) bond motifs is 1. The largest absolute Gasteiger partial charge is 0.480 e. The maximum Gasteiger partial charge on any atom is 0.329 e. The minimum Gasteiger partial charge on any atom is -0.480 e. The molecule has 1 unspecified atom stereocenters. The second kappa shape index (κ2) is 9.76.